The van der Waals surface area contributed by atoms with Crippen LogP contribution in [-0.4, -0.2) is 25.0 Å². The Morgan fingerprint density at radius 2 is 1.96 bits per heavy atom. The van der Waals surface area contributed by atoms with Gasteiger partial charge in [-0.25, -0.2) is 4.98 Å². The first kappa shape index (κ1) is 17.0. The first-order valence-electron chi connectivity index (χ1n) is 8.37. The third kappa shape index (κ3) is 3.48. The number of pyridine rings is 1. The predicted octanol–water partition coefficient (Wildman–Crippen LogP) is 3.90. The summed E-state index contributed by atoms with van der Waals surface area (Å²) in [6, 6.07) is 16.1. The molecule has 0 saturated heterocycles. The van der Waals surface area contributed by atoms with Crippen LogP contribution in [0.5, 0.6) is 5.75 Å². The lowest BCUT2D eigenvalue weighted by Gasteiger charge is -2.12. The Labute approximate surface area is 147 Å². The molecule has 0 unspecified atom stereocenters. The monoisotopic (exact) mass is 334 g/mol. The van der Waals surface area contributed by atoms with E-state index in [4.69, 9.17) is 9.72 Å². The number of carbonyl (C=O) groups is 1. The molecule has 0 aliphatic heterocycles. The van der Waals surface area contributed by atoms with Crippen LogP contribution in [0.15, 0.2) is 48.5 Å². The molecule has 0 bridgehead atoms. The zero-order valence-corrected chi connectivity index (χ0v) is 14.8. The van der Waals surface area contributed by atoms with E-state index in [-0.39, 0.29) is 5.91 Å². The lowest BCUT2D eigenvalue weighted by Crippen LogP contribution is -2.18. The van der Waals surface area contributed by atoms with Crippen molar-refractivity contribution in [2.24, 2.45) is 0 Å². The van der Waals surface area contributed by atoms with Crippen molar-refractivity contribution in [1.29, 1.82) is 0 Å². The SMILES string of the molecule is CNC(=O)CCc1cccc2c(C)cc(-c3ccccc3OC)nc12. The van der Waals surface area contributed by atoms with E-state index in [1.165, 1.54) is 0 Å². The third-order valence-electron chi connectivity index (χ3n) is 4.41. The van der Waals surface area contributed by atoms with Crippen LogP contribution in [0.3, 0.4) is 0 Å². The van der Waals surface area contributed by atoms with Crippen molar-refractivity contribution in [3.8, 4) is 17.0 Å². The van der Waals surface area contributed by atoms with Crippen molar-refractivity contribution in [2.75, 3.05) is 14.2 Å². The molecule has 0 aliphatic carbocycles. The predicted molar refractivity (Wildman–Crippen MR) is 101 cm³/mol. The number of methoxy groups -OCH3 is 1. The van der Waals surface area contributed by atoms with Crippen LogP contribution in [0.25, 0.3) is 22.2 Å². The lowest BCUT2D eigenvalue weighted by molar-refractivity contribution is -0.120. The Bertz CT molecular complexity index is 919. The lowest BCUT2D eigenvalue weighted by atomic mass is 10.00. The Morgan fingerprint density at radius 1 is 1.16 bits per heavy atom. The van der Waals surface area contributed by atoms with Crippen molar-refractivity contribution >= 4 is 16.8 Å². The second-order valence-corrected chi connectivity index (χ2v) is 6.01. The van der Waals surface area contributed by atoms with Gasteiger partial charge in [-0.15, -0.1) is 0 Å². The molecule has 0 radical (unpaired) electrons. The van der Waals surface area contributed by atoms with Crippen LogP contribution in [0, 0.1) is 6.92 Å². The highest BCUT2D eigenvalue weighted by Gasteiger charge is 2.12. The van der Waals surface area contributed by atoms with Gasteiger partial charge in [0.05, 0.1) is 18.3 Å². The molecule has 1 heterocycles. The molecule has 2 aromatic carbocycles. The van der Waals surface area contributed by atoms with Crippen LogP contribution < -0.4 is 10.1 Å². The molecule has 25 heavy (non-hydrogen) atoms. The Kier molecular flexibility index (Phi) is 4.98. The Balaban J connectivity index is 2.12. The summed E-state index contributed by atoms with van der Waals surface area (Å²) >= 11 is 0. The van der Waals surface area contributed by atoms with Crippen LogP contribution in [0.4, 0.5) is 0 Å². The summed E-state index contributed by atoms with van der Waals surface area (Å²) in [4.78, 5) is 16.5. The Hall–Kier alpha value is -2.88. The molecule has 4 nitrogen and oxygen atoms in total. The molecule has 1 aromatic heterocycles. The van der Waals surface area contributed by atoms with Gasteiger partial charge in [-0.05, 0) is 42.7 Å². The molecule has 1 amide bonds. The van der Waals surface area contributed by atoms with Crippen molar-refractivity contribution in [2.45, 2.75) is 19.8 Å². The number of rotatable bonds is 5. The molecule has 0 spiro atoms. The highest BCUT2D eigenvalue weighted by atomic mass is 16.5. The summed E-state index contributed by atoms with van der Waals surface area (Å²) in [6.45, 7) is 2.09. The molecule has 0 saturated carbocycles. The van der Waals surface area contributed by atoms with E-state index in [9.17, 15) is 4.79 Å². The molecule has 3 rings (SSSR count). The number of ether oxygens (including phenoxy) is 1. The van der Waals surface area contributed by atoms with Crippen molar-refractivity contribution in [3.05, 3.63) is 59.7 Å². The summed E-state index contributed by atoms with van der Waals surface area (Å²) in [7, 11) is 3.33. The van der Waals surface area contributed by atoms with Gasteiger partial charge in [-0.1, -0.05) is 30.3 Å². The van der Waals surface area contributed by atoms with E-state index in [0.29, 0.717) is 12.8 Å². The Morgan fingerprint density at radius 3 is 2.72 bits per heavy atom. The van der Waals surface area contributed by atoms with E-state index in [1.807, 2.05) is 36.4 Å². The maximum absolute atomic E-state index is 11.6. The minimum Gasteiger partial charge on any atom is -0.496 e. The number of nitrogens with zero attached hydrogens (tertiary/aromatic N) is 1. The molecular weight excluding hydrogens is 312 g/mol. The van der Waals surface area contributed by atoms with E-state index < -0.39 is 0 Å². The number of benzene rings is 2. The van der Waals surface area contributed by atoms with Gasteiger partial charge in [0.1, 0.15) is 5.75 Å². The quantitative estimate of drug-likeness (QED) is 0.770. The second-order valence-electron chi connectivity index (χ2n) is 6.01. The number of para-hydroxylation sites is 2. The van der Waals surface area contributed by atoms with E-state index in [0.717, 1.165) is 39.0 Å². The molecule has 0 fully saturated rings. The molecule has 4 heteroatoms. The van der Waals surface area contributed by atoms with Crippen molar-refractivity contribution < 1.29 is 9.53 Å². The molecule has 3 aromatic rings. The summed E-state index contributed by atoms with van der Waals surface area (Å²) in [5, 5.41) is 3.79. The van der Waals surface area contributed by atoms with Crippen LogP contribution in [0.1, 0.15) is 17.5 Å². The topological polar surface area (TPSA) is 51.2 Å². The normalized spacial score (nSPS) is 10.7. The van der Waals surface area contributed by atoms with Crippen LogP contribution >= 0.6 is 0 Å². The van der Waals surface area contributed by atoms with Gasteiger partial charge < -0.3 is 10.1 Å². The minimum absolute atomic E-state index is 0.0367. The maximum Gasteiger partial charge on any atom is 0.220 e. The fraction of sp³-hybridized carbons (Fsp3) is 0.238. The summed E-state index contributed by atoms with van der Waals surface area (Å²) < 4.78 is 5.48. The number of amides is 1. The molecule has 128 valence electrons. The van der Waals surface area contributed by atoms with Gasteiger partial charge in [0.15, 0.2) is 0 Å². The minimum atomic E-state index is 0.0367. The zero-order valence-electron chi connectivity index (χ0n) is 14.8. The zero-order chi connectivity index (χ0) is 17.8. The average molecular weight is 334 g/mol. The van der Waals surface area contributed by atoms with Crippen LogP contribution in [0.2, 0.25) is 0 Å². The van der Waals surface area contributed by atoms with Gasteiger partial charge in [0.2, 0.25) is 5.91 Å². The summed E-state index contributed by atoms with van der Waals surface area (Å²) in [5.74, 6) is 0.839. The molecular formula is C21H22N2O2. The van der Waals surface area contributed by atoms with Crippen LogP contribution in [-0.2, 0) is 11.2 Å². The highest BCUT2D eigenvalue weighted by Crippen LogP contribution is 2.32. The van der Waals surface area contributed by atoms with Gasteiger partial charge in [0, 0.05) is 24.4 Å². The average Bonchev–Trinajstić information content (AvgIpc) is 2.66. The third-order valence-corrected chi connectivity index (χ3v) is 4.41. The van der Waals surface area contributed by atoms with Gasteiger partial charge in [0.25, 0.3) is 0 Å². The molecule has 0 aliphatic rings. The standard InChI is InChI=1S/C21H22N2O2/c1-14-13-18(17-8-4-5-10-19(17)25-3)23-21-15(7-6-9-16(14)21)11-12-20(24)22-2/h4-10,13H,11-12H2,1-3H3,(H,22,24). The largest absolute Gasteiger partial charge is 0.496 e. The van der Waals surface area contributed by atoms with E-state index in [1.54, 1.807) is 14.2 Å². The second kappa shape index (κ2) is 7.34. The van der Waals surface area contributed by atoms with Gasteiger partial charge in [-0.3, -0.25) is 4.79 Å². The number of nitrogens with one attached hydrogen (secondary N) is 1. The summed E-state index contributed by atoms with van der Waals surface area (Å²) in [6.07, 6.45) is 1.12. The molecule has 0 atom stereocenters. The van der Waals surface area contributed by atoms with E-state index in [2.05, 4.69) is 24.4 Å². The number of aryl methyl sites for hydroxylation is 2. The van der Waals surface area contributed by atoms with E-state index >= 15 is 0 Å². The highest BCUT2D eigenvalue weighted by molar-refractivity contribution is 5.88. The fourth-order valence-corrected chi connectivity index (χ4v) is 3.05. The number of aromatic nitrogens is 1. The number of fused-ring (bicyclic) bond motifs is 1. The first-order chi connectivity index (χ1) is 12.1. The number of hydrogen-bond donors (Lipinski definition) is 1. The fourth-order valence-electron chi connectivity index (χ4n) is 3.05. The molecule has 1 N–H and O–H groups in total. The van der Waals surface area contributed by atoms with Crippen molar-refractivity contribution in [3.63, 3.8) is 0 Å². The van der Waals surface area contributed by atoms with Crippen molar-refractivity contribution in [1.82, 2.24) is 10.3 Å². The maximum atomic E-state index is 11.6. The number of hydrogen-bond acceptors (Lipinski definition) is 3. The number of carbonyl (C=O) groups excluding carboxylic acids is 1. The smallest absolute Gasteiger partial charge is 0.220 e. The summed E-state index contributed by atoms with van der Waals surface area (Å²) in [5.41, 5.74) is 5.05. The first-order valence-corrected chi connectivity index (χ1v) is 8.37. The van der Waals surface area contributed by atoms with Gasteiger partial charge in [-0.2, -0.15) is 0 Å². The van der Waals surface area contributed by atoms with Gasteiger partial charge >= 0.3 is 0 Å².